The summed E-state index contributed by atoms with van der Waals surface area (Å²) >= 11 is 0. The topological polar surface area (TPSA) is 51.1 Å². The highest BCUT2D eigenvalue weighted by Crippen LogP contribution is 2.24. The number of nitrogens with one attached hydrogen (secondary N) is 1. The van der Waals surface area contributed by atoms with E-state index in [4.69, 9.17) is 0 Å². The number of rotatable bonds is 6. The van der Waals surface area contributed by atoms with Crippen molar-refractivity contribution in [1.82, 2.24) is 4.57 Å². The molecule has 1 heterocycles. The maximum Gasteiger partial charge on any atom is 0.226 e. The van der Waals surface area contributed by atoms with Crippen LogP contribution in [0.15, 0.2) is 73.1 Å². The number of carbonyl (C=O) groups is 2. The van der Waals surface area contributed by atoms with Gasteiger partial charge in [0.05, 0.1) is 12.5 Å². The molecule has 1 aromatic heterocycles. The minimum atomic E-state index is -0.339. The van der Waals surface area contributed by atoms with Gasteiger partial charge in [-0.1, -0.05) is 24.3 Å². The number of benzene rings is 2. The number of hydrogen-bond donors (Lipinski definition) is 1. The van der Waals surface area contributed by atoms with E-state index >= 15 is 0 Å². The highest BCUT2D eigenvalue weighted by atomic mass is 19.1. The summed E-state index contributed by atoms with van der Waals surface area (Å²) in [6.45, 7) is 1.48. The van der Waals surface area contributed by atoms with Gasteiger partial charge >= 0.3 is 0 Å². The van der Waals surface area contributed by atoms with Crippen molar-refractivity contribution in [3.05, 3.63) is 90.0 Å². The highest BCUT2D eigenvalue weighted by molar-refractivity contribution is 5.97. The predicted molar refractivity (Wildman–Crippen MR) is 98.7 cm³/mol. The summed E-state index contributed by atoms with van der Waals surface area (Å²) in [5.41, 5.74) is 1.82. The summed E-state index contributed by atoms with van der Waals surface area (Å²) < 4.78 is 15.5. The van der Waals surface area contributed by atoms with Crippen LogP contribution in [-0.2, 0) is 4.79 Å². The zero-order valence-corrected chi connectivity index (χ0v) is 14.4. The summed E-state index contributed by atoms with van der Waals surface area (Å²) in [5.74, 6) is -0.617. The Morgan fingerprint density at radius 1 is 1.04 bits per heavy atom. The number of ketones is 1. The molecule has 4 nitrogen and oxygen atoms in total. The Kier molecular flexibility index (Phi) is 5.27. The summed E-state index contributed by atoms with van der Waals surface area (Å²) in [6, 6.07) is 16.5. The standard InChI is InChI=1S/C21H19FN2O2/c1-15(25)16-6-5-9-19(13-16)23-21(26)14-20(24-10-2-3-11-24)17-7-4-8-18(22)12-17/h2-13,20H,14H2,1H3,(H,23,26)/t20-/m1/s1. The molecule has 0 saturated carbocycles. The normalized spacial score (nSPS) is 11.8. The van der Waals surface area contributed by atoms with Crippen molar-refractivity contribution in [1.29, 1.82) is 0 Å². The Hall–Kier alpha value is -3.21. The van der Waals surface area contributed by atoms with Gasteiger partial charge in [-0.15, -0.1) is 0 Å². The highest BCUT2D eigenvalue weighted by Gasteiger charge is 2.18. The van der Waals surface area contributed by atoms with Gasteiger partial charge in [-0.25, -0.2) is 4.39 Å². The maximum absolute atomic E-state index is 13.6. The number of carbonyl (C=O) groups excluding carboxylic acids is 2. The molecule has 0 bridgehead atoms. The molecule has 0 spiro atoms. The summed E-state index contributed by atoms with van der Waals surface area (Å²) in [7, 11) is 0. The van der Waals surface area contributed by atoms with Crippen LogP contribution in [0.3, 0.4) is 0 Å². The lowest BCUT2D eigenvalue weighted by molar-refractivity contribution is -0.116. The first-order valence-electron chi connectivity index (χ1n) is 8.32. The molecule has 3 rings (SSSR count). The van der Waals surface area contributed by atoms with Crippen LogP contribution in [0.1, 0.15) is 35.3 Å². The van der Waals surface area contributed by atoms with Crippen LogP contribution in [0.25, 0.3) is 0 Å². The molecule has 3 aromatic rings. The van der Waals surface area contributed by atoms with E-state index in [0.717, 1.165) is 0 Å². The number of hydrogen-bond acceptors (Lipinski definition) is 2. The van der Waals surface area contributed by atoms with E-state index in [1.165, 1.54) is 19.1 Å². The van der Waals surface area contributed by atoms with Gasteiger partial charge < -0.3 is 9.88 Å². The number of amides is 1. The van der Waals surface area contributed by atoms with E-state index in [0.29, 0.717) is 16.8 Å². The molecule has 1 N–H and O–H groups in total. The van der Waals surface area contributed by atoms with Gasteiger partial charge in [-0.05, 0) is 48.9 Å². The van der Waals surface area contributed by atoms with Crippen molar-refractivity contribution in [2.24, 2.45) is 0 Å². The minimum Gasteiger partial charge on any atom is -0.346 e. The molecular weight excluding hydrogens is 331 g/mol. The fourth-order valence-electron chi connectivity index (χ4n) is 2.87. The maximum atomic E-state index is 13.6. The molecule has 132 valence electrons. The average Bonchev–Trinajstić information content (AvgIpc) is 3.14. The van der Waals surface area contributed by atoms with Gasteiger partial charge in [-0.3, -0.25) is 9.59 Å². The van der Waals surface area contributed by atoms with E-state index < -0.39 is 0 Å². The van der Waals surface area contributed by atoms with Crippen LogP contribution in [0.4, 0.5) is 10.1 Å². The molecule has 1 atom stereocenters. The van der Waals surface area contributed by atoms with Crippen molar-refractivity contribution in [3.63, 3.8) is 0 Å². The van der Waals surface area contributed by atoms with Crippen molar-refractivity contribution in [3.8, 4) is 0 Å². The van der Waals surface area contributed by atoms with Crippen LogP contribution in [-0.4, -0.2) is 16.3 Å². The Morgan fingerprint density at radius 2 is 1.77 bits per heavy atom. The number of halogens is 1. The first-order valence-corrected chi connectivity index (χ1v) is 8.32. The fourth-order valence-corrected chi connectivity index (χ4v) is 2.87. The lowest BCUT2D eigenvalue weighted by Crippen LogP contribution is -2.19. The Morgan fingerprint density at radius 3 is 2.46 bits per heavy atom. The molecule has 0 saturated heterocycles. The Labute approximate surface area is 151 Å². The molecule has 0 aliphatic carbocycles. The van der Waals surface area contributed by atoms with Gasteiger partial charge in [0.25, 0.3) is 0 Å². The molecule has 0 aliphatic rings. The zero-order valence-electron chi connectivity index (χ0n) is 14.4. The number of nitrogens with zero attached hydrogens (tertiary/aromatic N) is 1. The molecule has 0 radical (unpaired) electrons. The molecule has 0 unspecified atom stereocenters. The molecule has 26 heavy (non-hydrogen) atoms. The van der Waals surface area contributed by atoms with Gasteiger partial charge in [0.2, 0.25) is 5.91 Å². The van der Waals surface area contributed by atoms with Crippen LogP contribution >= 0.6 is 0 Å². The quantitative estimate of drug-likeness (QED) is 0.668. The third kappa shape index (κ3) is 4.25. The van der Waals surface area contributed by atoms with Gasteiger partial charge in [0, 0.05) is 23.6 Å². The third-order valence-corrected chi connectivity index (χ3v) is 4.15. The second-order valence-corrected chi connectivity index (χ2v) is 6.09. The van der Waals surface area contributed by atoms with E-state index in [2.05, 4.69) is 5.32 Å². The Bertz CT molecular complexity index is 919. The Balaban J connectivity index is 1.80. The number of anilines is 1. The van der Waals surface area contributed by atoms with Gasteiger partial charge in [0.1, 0.15) is 5.82 Å². The second-order valence-electron chi connectivity index (χ2n) is 6.09. The lowest BCUT2D eigenvalue weighted by atomic mass is 10.0. The van der Waals surface area contributed by atoms with Crippen LogP contribution in [0.2, 0.25) is 0 Å². The number of Topliss-reactive ketones (excluding diaryl/α,β-unsaturated/α-hetero) is 1. The van der Waals surface area contributed by atoms with Crippen molar-refractivity contribution >= 4 is 17.4 Å². The molecule has 1 amide bonds. The van der Waals surface area contributed by atoms with E-state index in [1.807, 2.05) is 29.1 Å². The van der Waals surface area contributed by atoms with Crippen molar-refractivity contribution < 1.29 is 14.0 Å². The SMILES string of the molecule is CC(=O)c1cccc(NC(=O)C[C@H](c2cccc(F)c2)n2cccc2)c1. The van der Waals surface area contributed by atoms with Crippen LogP contribution < -0.4 is 5.32 Å². The predicted octanol–water partition coefficient (Wildman–Crippen LogP) is 4.45. The lowest BCUT2D eigenvalue weighted by Gasteiger charge is -2.19. The molecular formula is C21H19FN2O2. The molecule has 5 heteroatoms. The molecule has 2 aromatic carbocycles. The first-order chi connectivity index (χ1) is 12.5. The fraction of sp³-hybridized carbons (Fsp3) is 0.143. The van der Waals surface area contributed by atoms with Gasteiger partial charge in [-0.2, -0.15) is 0 Å². The van der Waals surface area contributed by atoms with E-state index in [1.54, 1.807) is 36.4 Å². The van der Waals surface area contributed by atoms with Crippen molar-refractivity contribution in [2.45, 2.75) is 19.4 Å². The summed E-state index contributed by atoms with van der Waals surface area (Å²) in [5, 5.41) is 2.82. The zero-order chi connectivity index (χ0) is 18.5. The third-order valence-electron chi connectivity index (χ3n) is 4.15. The minimum absolute atomic E-state index is 0.0638. The molecule has 0 aliphatic heterocycles. The van der Waals surface area contributed by atoms with Crippen molar-refractivity contribution in [2.75, 3.05) is 5.32 Å². The average molecular weight is 350 g/mol. The largest absolute Gasteiger partial charge is 0.346 e. The van der Waals surface area contributed by atoms with Gasteiger partial charge in [0.15, 0.2) is 5.78 Å². The number of aromatic nitrogens is 1. The monoisotopic (exact) mass is 350 g/mol. The van der Waals surface area contributed by atoms with E-state index in [-0.39, 0.29) is 30.0 Å². The van der Waals surface area contributed by atoms with Crippen LogP contribution in [0.5, 0.6) is 0 Å². The van der Waals surface area contributed by atoms with Crippen LogP contribution in [0, 0.1) is 5.82 Å². The summed E-state index contributed by atoms with van der Waals surface area (Å²) in [6.07, 6.45) is 3.83. The second kappa shape index (κ2) is 7.78. The smallest absolute Gasteiger partial charge is 0.226 e. The summed E-state index contributed by atoms with van der Waals surface area (Å²) in [4.78, 5) is 24.0. The first kappa shape index (κ1) is 17.6. The van der Waals surface area contributed by atoms with E-state index in [9.17, 15) is 14.0 Å². The molecule has 0 fully saturated rings.